The second-order valence-corrected chi connectivity index (χ2v) is 5.92. The molecule has 0 saturated carbocycles. The van der Waals surface area contributed by atoms with Crippen molar-refractivity contribution in [2.24, 2.45) is 0 Å². The van der Waals surface area contributed by atoms with Crippen molar-refractivity contribution in [3.05, 3.63) is 29.8 Å². The number of carbonyl (C=O) groups excluding carboxylic acids is 4. The van der Waals surface area contributed by atoms with Crippen LogP contribution in [0, 0.1) is 0 Å². The van der Waals surface area contributed by atoms with Crippen molar-refractivity contribution in [1.82, 2.24) is 15.1 Å². The van der Waals surface area contributed by atoms with Gasteiger partial charge in [-0.2, -0.15) is 0 Å². The van der Waals surface area contributed by atoms with Gasteiger partial charge in [0.2, 0.25) is 5.91 Å². The van der Waals surface area contributed by atoms with E-state index in [1.54, 1.807) is 31.4 Å². The summed E-state index contributed by atoms with van der Waals surface area (Å²) in [4.78, 5) is 48.3. The van der Waals surface area contributed by atoms with Crippen molar-refractivity contribution in [3.8, 4) is 11.5 Å². The maximum atomic E-state index is 11.9. The number of benzene rings is 1. The summed E-state index contributed by atoms with van der Waals surface area (Å²) in [6.45, 7) is 2.68. The fourth-order valence-electron chi connectivity index (χ4n) is 2.56. The molecule has 150 valence electrons. The molecule has 5 amide bonds. The highest BCUT2D eigenvalue weighted by Crippen LogP contribution is 2.28. The first-order valence-electron chi connectivity index (χ1n) is 8.79. The fraction of sp³-hybridized carbons (Fsp3) is 0.368. The van der Waals surface area contributed by atoms with Gasteiger partial charge in [0.15, 0.2) is 11.5 Å². The zero-order valence-electron chi connectivity index (χ0n) is 16.1. The Morgan fingerprint density at radius 2 is 1.93 bits per heavy atom. The van der Waals surface area contributed by atoms with Crippen LogP contribution in [0.25, 0.3) is 6.08 Å². The summed E-state index contributed by atoms with van der Waals surface area (Å²) >= 11 is 0. The Labute approximate surface area is 162 Å². The van der Waals surface area contributed by atoms with Gasteiger partial charge in [-0.3, -0.25) is 24.2 Å². The van der Waals surface area contributed by atoms with Gasteiger partial charge < -0.3 is 14.8 Å². The molecular formula is C19H23N3O6. The van der Waals surface area contributed by atoms with Gasteiger partial charge >= 0.3 is 17.8 Å². The standard InChI is InChI=1S/C19H23N3O6/c1-4-28-15-12-13(6-8-14(15)27-3)7-9-16(23)20-10-5-11-22-18(25)17(24)21(2)19(22)26/h6-9,12H,4-5,10-11H2,1-3H3,(H,20,23). The number of rotatable bonds is 9. The van der Waals surface area contributed by atoms with Crippen LogP contribution in [-0.4, -0.2) is 67.4 Å². The van der Waals surface area contributed by atoms with E-state index >= 15 is 0 Å². The summed E-state index contributed by atoms with van der Waals surface area (Å²) in [6.07, 6.45) is 3.36. The molecule has 1 aromatic rings. The monoisotopic (exact) mass is 389 g/mol. The van der Waals surface area contributed by atoms with Crippen LogP contribution in [-0.2, 0) is 14.4 Å². The Morgan fingerprint density at radius 3 is 2.54 bits per heavy atom. The molecule has 1 aromatic carbocycles. The number of urea groups is 1. The lowest BCUT2D eigenvalue weighted by atomic mass is 10.2. The third-order valence-electron chi connectivity index (χ3n) is 4.02. The molecule has 9 heteroatoms. The van der Waals surface area contributed by atoms with E-state index < -0.39 is 17.8 Å². The summed E-state index contributed by atoms with van der Waals surface area (Å²) in [5.74, 6) is -0.808. The average Bonchev–Trinajstić information content (AvgIpc) is 2.87. The zero-order valence-corrected chi connectivity index (χ0v) is 16.1. The summed E-state index contributed by atoms with van der Waals surface area (Å²) < 4.78 is 10.7. The third-order valence-corrected chi connectivity index (χ3v) is 4.02. The second-order valence-electron chi connectivity index (χ2n) is 5.92. The van der Waals surface area contributed by atoms with Crippen LogP contribution in [0.3, 0.4) is 0 Å². The summed E-state index contributed by atoms with van der Waals surface area (Å²) in [7, 11) is 2.81. The first-order valence-corrected chi connectivity index (χ1v) is 8.79. The molecule has 1 aliphatic heterocycles. The van der Waals surface area contributed by atoms with Crippen molar-refractivity contribution < 1.29 is 28.7 Å². The van der Waals surface area contributed by atoms with E-state index in [0.717, 1.165) is 15.4 Å². The number of nitrogens with zero attached hydrogens (tertiary/aromatic N) is 2. The minimum Gasteiger partial charge on any atom is -0.493 e. The Bertz CT molecular complexity index is 805. The van der Waals surface area contributed by atoms with Gasteiger partial charge in [-0.05, 0) is 37.1 Å². The predicted molar refractivity (Wildman–Crippen MR) is 101 cm³/mol. The van der Waals surface area contributed by atoms with Crippen LogP contribution in [0.1, 0.15) is 18.9 Å². The lowest BCUT2D eigenvalue weighted by Crippen LogP contribution is -2.34. The van der Waals surface area contributed by atoms with E-state index in [4.69, 9.17) is 9.47 Å². The molecule has 0 spiro atoms. The van der Waals surface area contributed by atoms with Crippen LogP contribution in [0.15, 0.2) is 24.3 Å². The number of likely N-dealkylation sites (N-methyl/N-ethyl adjacent to an activating group) is 1. The number of carbonyl (C=O) groups is 4. The van der Waals surface area contributed by atoms with Crippen molar-refractivity contribution >= 4 is 29.8 Å². The molecule has 28 heavy (non-hydrogen) atoms. The topological polar surface area (TPSA) is 105 Å². The number of amides is 5. The Hall–Kier alpha value is -3.36. The van der Waals surface area contributed by atoms with Gasteiger partial charge in [0.05, 0.1) is 13.7 Å². The number of hydrogen-bond donors (Lipinski definition) is 1. The fourth-order valence-corrected chi connectivity index (χ4v) is 2.56. The van der Waals surface area contributed by atoms with Crippen molar-refractivity contribution in [2.45, 2.75) is 13.3 Å². The van der Waals surface area contributed by atoms with E-state index in [1.807, 2.05) is 6.92 Å². The molecule has 0 bridgehead atoms. The Balaban J connectivity index is 1.81. The normalized spacial score (nSPS) is 14.2. The maximum absolute atomic E-state index is 11.9. The van der Waals surface area contributed by atoms with E-state index in [0.29, 0.717) is 24.5 Å². The minimum atomic E-state index is -0.845. The van der Waals surface area contributed by atoms with Crippen molar-refractivity contribution in [3.63, 3.8) is 0 Å². The van der Waals surface area contributed by atoms with Gasteiger partial charge in [0.25, 0.3) is 0 Å². The highest BCUT2D eigenvalue weighted by molar-refractivity contribution is 6.44. The van der Waals surface area contributed by atoms with Gasteiger partial charge in [-0.1, -0.05) is 6.07 Å². The van der Waals surface area contributed by atoms with Crippen LogP contribution in [0.4, 0.5) is 4.79 Å². The van der Waals surface area contributed by atoms with Crippen molar-refractivity contribution in [1.29, 1.82) is 0 Å². The minimum absolute atomic E-state index is 0.0634. The lowest BCUT2D eigenvalue weighted by Gasteiger charge is -2.12. The first kappa shape index (κ1) is 20.9. The molecule has 1 aliphatic rings. The van der Waals surface area contributed by atoms with Crippen LogP contribution in [0.5, 0.6) is 11.5 Å². The molecule has 0 aliphatic carbocycles. The molecule has 0 unspecified atom stereocenters. The molecule has 1 N–H and O–H groups in total. The Kier molecular flexibility index (Phi) is 7.14. The van der Waals surface area contributed by atoms with Crippen LogP contribution < -0.4 is 14.8 Å². The van der Waals surface area contributed by atoms with Gasteiger partial charge in [-0.25, -0.2) is 4.79 Å². The largest absolute Gasteiger partial charge is 0.493 e. The first-order chi connectivity index (χ1) is 13.4. The number of methoxy groups -OCH3 is 1. The molecule has 1 fully saturated rings. The highest BCUT2D eigenvalue weighted by atomic mass is 16.5. The average molecular weight is 389 g/mol. The molecule has 1 saturated heterocycles. The number of hydrogen-bond acceptors (Lipinski definition) is 6. The molecule has 0 aromatic heterocycles. The van der Waals surface area contributed by atoms with E-state index in [-0.39, 0.29) is 19.0 Å². The number of nitrogens with one attached hydrogen (secondary N) is 1. The smallest absolute Gasteiger partial charge is 0.333 e. The van der Waals surface area contributed by atoms with Gasteiger partial charge in [0.1, 0.15) is 0 Å². The SMILES string of the molecule is CCOc1cc(C=CC(=O)NCCCN2C(=O)C(=O)N(C)C2=O)ccc1OC. The maximum Gasteiger partial charge on any atom is 0.333 e. The van der Waals surface area contributed by atoms with E-state index in [2.05, 4.69) is 5.32 Å². The lowest BCUT2D eigenvalue weighted by molar-refractivity contribution is -0.142. The molecule has 9 nitrogen and oxygen atoms in total. The van der Waals surface area contributed by atoms with Crippen LogP contribution >= 0.6 is 0 Å². The van der Waals surface area contributed by atoms with Crippen molar-refractivity contribution in [2.75, 3.05) is 33.9 Å². The highest BCUT2D eigenvalue weighted by Gasteiger charge is 2.41. The summed E-state index contributed by atoms with van der Waals surface area (Å²) in [6, 6.07) is 4.67. The summed E-state index contributed by atoms with van der Waals surface area (Å²) in [5.41, 5.74) is 0.772. The summed E-state index contributed by atoms with van der Waals surface area (Å²) in [5, 5.41) is 2.66. The Morgan fingerprint density at radius 1 is 1.18 bits per heavy atom. The molecule has 0 radical (unpaired) electrons. The van der Waals surface area contributed by atoms with Crippen LogP contribution in [0.2, 0.25) is 0 Å². The van der Waals surface area contributed by atoms with Gasteiger partial charge in [-0.15, -0.1) is 0 Å². The third kappa shape index (κ3) is 4.87. The molecular weight excluding hydrogens is 366 g/mol. The number of ether oxygens (including phenoxy) is 2. The van der Waals surface area contributed by atoms with E-state index in [1.165, 1.54) is 13.1 Å². The molecule has 2 rings (SSSR count). The second kappa shape index (κ2) is 9.54. The predicted octanol–water partition coefficient (Wildman–Crippen LogP) is 1.03. The molecule has 0 atom stereocenters. The van der Waals surface area contributed by atoms with Gasteiger partial charge in [0, 0.05) is 26.2 Å². The quantitative estimate of drug-likeness (QED) is 0.293. The molecule has 1 heterocycles. The zero-order chi connectivity index (χ0) is 20.7. The van der Waals surface area contributed by atoms with E-state index in [9.17, 15) is 19.2 Å². The number of imide groups is 2.